The maximum Gasteiger partial charge on any atom is 0.322 e. The number of hydrogen-bond donors (Lipinski definition) is 5. The van der Waals surface area contributed by atoms with Crippen molar-refractivity contribution in [3.05, 3.63) is 0 Å². The standard InChI is InChI=1S/C6H12N2O4/c9-5(10)3-4(6(11)12)8-2-1-7-3/h3-5,7-10H,1-2H2,(H,11,12). The number of nitrogens with one attached hydrogen (secondary N) is 2. The van der Waals surface area contributed by atoms with Gasteiger partial charge in [0.25, 0.3) is 0 Å². The Kier molecular flexibility index (Phi) is 2.99. The molecule has 1 rings (SSSR count). The molecule has 1 saturated heterocycles. The van der Waals surface area contributed by atoms with Crippen molar-refractivity contribution < 1.29 is 20.1 Å². The van der Waals surface area contributed by atoms with Gasteiger partial charge in [-0.1, -0.05) is 0 Å². The summed E-state index contributed by atoms with van der Waals surface area (Å²) in [5.74, 6) is -1.08. The molecule has 0 aromatic rings. The fourth-order valence-electron chi connectivity index (χ4n) is 1.23. The first-order chi connectivity index (χ1) is 5.63. The van der Waals surface area contributed by atoms with E-state index in [1.165, 1.54) is 0 Å². The first-order valence-electron chi connectivity index (χ1n) is 3.68. The average Bonchev–Trinajstić information content (AvgIpc) is 2.04. The summed E-state index contributed by atoms with van der Waals surface area (Å²) in [4.78, 5) is 10.5. The monoisotopic (exact) mass is 176 g/mol. The van der Waals surface area contributed by atoms with Crippen LogP contribution < -0.4 is 10.6 Å². The van der Waals surface area contributed by atoms with E-state index in [1.807, 2.05) is 0 Å². The molecular formula is C6H12N2O4. The summed E-state index contributed by atoms with van der Waals surface area (Å²) < 4.78 is 0. The van der Waals surface area contributed by atoms with Gasteiger partial charge in [-0.15, -0.1) is 0 Å². The molecule has 0 aromatic carbocycles. The van der Waals surface area contributed by atoms with Gasteiger partial charge in [-0.05, 0) is 0 Å². The Bertz CT molecular complexity index is 173. The predicted molar refractivity (Wildman–Crippen MR) is 39.4 cm³/mol. The molecule has 70 valence electrons. The molecule has 1 heterocycles. The highest BCUT2D eigenvalue weighted by molar-refractivity contribution is 5.74. The minimum absolute atomic E-state index is 0.514. The zero-order valence-corrected chi connectivity index (χ0v) is 6.40. The fraction of sp³-hybridized carbons (Fsp3) is 0.833. The Morgan fingerprint density at radius 1 is 1.33 bits per heavy atom. The van der Waals surface area contributed by atoms with Gasteiger partial charge >= 0.3 is 5.97 Å². The number of rotatable bonds is 2. The van der Waals surface area contributed by atoms with Crippen molar-refractivity contribution in [2.24, 2.45) is 0 Å². The molecule has 0 aliphatic carbocycles. The summed E-state index contributed by atoms with van der Waals surface area (Å²) in [6, 6.07) is -1.77. The van der Waals surface area contributed by atoms with Gasteiger partial charge in [0, 0.05) is 13.1 Å². The Labute approximate surface area is 69.2 Å². The highest BCUT2D eigenvalue weighted by atomic mass is 16.5. The van der Waals surface area contributed by atoms with Crippen molar-refractivity contribution in [1.29, 1.82) is 0 Å². The molecule has 2 atom stereocenters. The molecule has 6 heteroatoms. The van der Waals surface area contributed by atoms with Gasteiger partial charge in [-0.2, -0.15) is 0 Å². The van der Waals surface area contributed by atoms with Gasteiger partial charge in [-0.3, -0.25) is 4.79 Å². The predicted octanol–water partition coefficient (Wildman–Crippen LogP) is -2.69. The van der Waals surface area contributed by atoms with Gasteiger partial charge in [0.1, 0.15) is 6.04 Å². The summed E-state index contributed by atoms with van der Waals surface area (Å²) in [6.45, 7) is 1.05. The smallest absolute Gasteiger partial charge is 0.322 e. The second kappa shape index (κ2) is 3.81. The zero-order valence-electron chi connectivity index (χ0n) is 6.40. The number of carboxylic acid groups (broad SMARTS) is 1. The first kappa shape index (κ1) is 9.40. The number of aliphatic hydroxyl groups excluding tert-OH is 1. The van der Waals surface area contributed by atoms with Crippen LogP contribution in [0, 0.1) is 0 Å². The van der Waals surface area contributed by atoms with Crippen LogP contribution in [0.25, 0.3) is 0 Å². The zero-order chi connectivity index (χ0) is 9.14. The van der Waals surface area contributed by atoms with E-state index in [1.54, 1.807) is 0 Å². The van der Waals surface area contributed by atoms with E-state index in [4.69, 9.17) is 15.3 Å². The largest absolute Gasteiger partial charge is 0.480 e. The van der Waals surface area contributed by atoms with E-state index in [0.29, 0.717) is 13.1 Å². The molecule has 5 N–H and O–H groups in total. The van der Waals surface area contributed by atoms with Crippen LogP contribution in [0.1, 0.15) is 0 Å². The molecule has 0 bridgehead atoms. The SMILES string of the molecule is O=C(O)C1NCCNC1C(O)O. The lowest BCUT2D eigenvalue weighted by Crippen LogP contribution is -2.63. The molecule has 0 saturated carbocycles. The molecule has 1 aliphatic heterocycles. The van der Waals surface area contributed by atoms with Crippen LogP contribution in [0.5, 0.6) is 0 Å². The Morgan fingerprint density at radius 3 is 2.33 bits per heavy atom. The second-order valence-electron chi connectivity index (χ2n) is 2.66. The summed E-state index contributed by atoms with van der Waals surface area (Å²) >= 11 is 0. The highest BCUT2D eigenvalue weighted by Crippen LogP contribution is 2.01. The quantitative estimate of drug-likeness (QED) is 0.294. The number of piperazine rings is 1. The van der Waals surface area contributed by atoms with Gasteiger partial charge in [-0.25, -0.2) is 0 Å². The van der Waals surface area contributed by atoms with Gasteiger partial charge in [0.05, 0.1) is 6.04 Å². The van der Waals surface area contributed by atoms with Crippen LogP contribution in [0.3, 0.4) is 0 Å². The maximum absolute atomic E-state index is 10.5. The molecule has 0 spiro atoms. The molecule has 0 aromatic heterocycles. The number of aliphatic carboxylic acids is 1. The van der Waals surface area contributed by atoms with Crippen molar-refractivity contribution in [1.82, 2.24) is 10.6 Å². The second-order valence-corrected chi connectivity index (χ2v) is 2.66. The molecule has 2 unspecified atom stereocenters. The van der Waals surface area contributed by atoms with Crippen molar-refractivity contribution in [3.63, 3.8) is 0 Å². The molecule has 12 heavy (non-hydrogen) atoms. The van der Waals surface area contributed by atoms with Crippen LogP contribution in [-0.2, 0) is 4.79 Å². The molecule has 0 radical (unpaired) electrons. The van der Waals surface area contributed by atoms with Crippen molar-refractivity contribution in [3.8, 4) is 0 Å². The van der Waals surface area contributed by atoms with E-state index in [2.05, 4.69) is 10.6 Å². The minimum atomic E-state index is -1.65. The van der Waals surface area contributed by atoms with Crippen molar-refractivity contribution in [2.45, 2.75) is 18.4 Å². The van der Waals surface area contributed by atoms with Gasteiger partial charge in [0.15, 0.2) is 6.29 Å². The van der Waals surface area contributed by atoms with Crippen LogP contribution in [0.15, 0.2) is 0 Å². The summed E-state index contributed by atoms with van der Waals surface area (Å²) in [5, 5.41) is 31.6. The first-order valence-corrected chi connectivity index (χ1v) is 3.68. The van der Waals surface area contributed by atoms with E-state index in [0.717, 1.165) is 0 Å². The van der Waals surface area contributed by atoms with E-state index in [9.17, 15) is 4.79 Å². The van der Waals surface area contributed by atoms with Gasteiger partial charge in [0.2, 0.25) is 0 Å². The summed E-state index contributed by atoms with van der Waals surface area (Å²) in [6.07, 6.45) is -1.65. The van der Waals surface area contributed by atoms with E-state index in [-0.39, 0.29) is 0 Å². The Hall–Kier alpha value is -0.690. The fourth-order valence-corrected chi connectivity index (χ4v) is 1.23. The molecule has 0 amide bonds. The number of aliphatic hydroxyl groups is 2. The third kappa shape index (κ3) is 1.92. The van der Waals surface area contributed by atoms with Gasteiger partial charge < -0.3 is 26.0 Å². The number of carboxylic acids is 1. The van der Waals surface area contributed by atoms with Crippen LogP contribution in [0.2, 0.25) is 0 Å². The van der Waals surface area contributed by atoms with E-state index >= 15 is 0 Å². The van der Waals surface area contributed by atoms with Crippen LogP contribution in [-0.4, -0.2) is 52.8 Å². The highest BCUT2D eigenvalue weighted by Gasteiger charge is 2.34. The molecule has 1 fully saturated rings. The lowest BCUT2D eigenvalue weighted by atomic mass is 10.1. The Morgan fingerprint density at radius 2 is 1.92 bits per heavy atom. The van der Waals surface area contributed by atoms with Crippen LogP contribution >= 0.6 is 0 Å². The third-order valence-corrected chi connectivity index (χ3v) is 1.82. The lowest BCUT2D eigenvalue weighted by Gasteiger charge is -2.31. The maximum atomic E-state index is 10.5. The number of hydrogen-bond acceptors (Lipinski definition) is 5. The molecule has 1 aliphatic rings. The minimum Gasteiger partial charge on any atom is -0.480 e. The normalized spacial score (nSPS) is 30.6. The summed E-state index contributed by atoms with van der Waals surface area (Å²) in [7, 11) is 0. The topological polar surface area (TPSA) is 102 Å². The van der Waals surface area contributed by atoms with Crippen molar-refractivity contribution in [2.75, 3.05) is 13.1 Å². The Balaban J connectivity index is 2.60. The molecular weight excluding hydrogens is 164 g/mol. The van der Waals surface area contributed by atoms with Crippen molar-refractivity contribution >= 4 is 5.97 Å². The molecule has 6 nitrogen and oxygen atoms in total. The van der Waals surface area contributed by atoms with E-state index < -0.39 is 24.3 Å². The third-order valence-electron chi connectivity index (χ3n) is 1.82. The number of carbonyl (C=O) groups is 1. The van der Waals surface area contributed by atoms with Crippen LogP contribution in [0.4, 0.5) is 0 Å². The average molecular weight is 176 g/mol. The summed E-state index contributed by atoms with van der Waals surface area (Å²) in [5.41, 5.74) is 0. The lowest BCUT2D eigenvalue weighted by molar-refractivity contribution is -0.146.